The molecular weight excluding hydrogens is 257 g/mol. The molecule has 6 heteroatoms. The van der Waals surface area contributed by atoms with Gasteiger partial charge in [0.25, 0.3) is 0 Å². The lowest BCUT2D eigenvalue weighted by Gasteiger charge is -2.03. The molecular formula is C14H12FN5. The van der Waals surface area contributed by atoms with Gasteiger partial charge in [-0.05, 0) is 18.2 Å². The quantitative estimate of drug-likeness (QED) is 0.774. The second-order valence-electron chi connectivity index (χ2n) is 4.34. The van der Waals surface area contributed by atoms with Crippen LogP contribution in [0.1, 0.15) is 0 Å². The zero-order valence-corrected chi connectivity index (χ0v) is 10.8. The summed E-state index contributed by atoms with van der Waals surface area (Å²) in [5.74, 6) is 0.0571. The normalized spacial score (nSPS) is 10.7. The van der Waals surface area contributed by atoms with Crippen LogP contribution < -0.4 is 5.73 Å². The molecule has 0 saturated carbocycles. The second-order valence-corrected chi connectivity index (χ2v) is 4.34. The molecule has 3 heterocycles. The standard InChI is InChI=1S/C14H12FN5/c1-20-14(16)12(11-4-2-3-5-18-11)13(19-20)9-6-10(15)8-17-7-9/h2-8H,16H2,1H3. The van der Waals surface area contributed by atoms with E-state index in [1.54, 1.807) is 24.1 Å². The van der Waals surface area contributed by atoms with E-state index in [2.05, 4.69) is 15.1 Å². The second kappa shape index (κ2) is 4.73. The van der Waals surface area contributed by atoms with Crippen LogP contribution in [0.2, 0.25) is 0 Å². The number of pyridine rings is 2. The zero-order valence-electron chi connectivity index (χ0n) is 10.8. The summed E-state index contributed by atoms with van der Waals surface area (Å²) in [5.41, 5.74) is 8.56. The van der Waals surface area contributed by atoms with Crippen LogP contribution >= 0.6 is 0 Å². The van der Waals surface area contributed by atoms with Gasteiger partial charge in [-0.1, -0.05) is 6.07 Å². The molecule has 2 N–H and O–H groups in total. The molecule has 3 aromatic heterocycles. The molecule has 0 radical (unpaired) electrons. The van der Waals surface area contributed by atoms with Gasteiger partial charge in [-0.3, -0.25) is 14.6 Å². The predicted molar refractivity (Wildman–Crippen MR) is 74.0 cm³/mol. The molecule has 0 unspecified atom stereocenters. The van der Waals surface area contributed by atoms with E-state index in [0.717, 1.165) is 6.20 Å². The van der Waals surface area contributed by atoms with Crippen molar-refractivity contribution in [2.24, 2.45) is 7.05 Å². The Bertz CT molecular complexity index is 752. The Morgan fingerprint density at radius 3 is 2.80 bits per heavy atom. The summed E-state index contributed by atoms with van der Waals surface area (Å²) in [7, 11) is 1.73. The number of anilines is 1. The molecule has 0 aliphatic carbocycles. The summed E-state index contributed by atoms with van der Waals surface area (Å²) in [6, 6.07) is 6.90. The molecule has 0 spiro atoms. The summed E-state index contributed by atoms with van der Waals surface area (Å²) < 4.78 is 14.9. The van der Waals surface area contributed by atoms with Gasteiger partial charge in [-0.15, -0.1) is 0 Å². The van der Waals surface area contributed by atoms with Gasteiger partial charge in [0.2, 0.25) is 0 Å². The number of aromatic nitrogens is 4. The van der Waals surface area contributed by atoms with E-state index < -0.39 is 5.82 Å². The molecule has 3 aromatic rings. The first kappa shape index (κ1) is 12.3. The fraction of sp³-hybridized carbons (Fsp3) is 0.0714. The summed E-state index contributed by atoms with van der Waals surface area (Å²) in [5, 5.41) is 4.34. The number of halogens is 1. The number of nitrogens with two attached hydrogens (primary N) is 1. The van der Waals surface area contributed by atoms with Gasteiger partial charge in [-0.2, -0.15) is 5.10 Å². The van der Waals surface area contributed by atoms with Crippen molar-refractivity contribution in [1.29, 1.82) is 0 Å². The maximum atomic E-state index is 13.4. The maximum Gasteiger partial charge on any atom is 0.142 e. The van der Waals surface area contributed by atoms with Gasteiger partial charge in [0.15, 0.2) is 0 Å². The van der Waals surface area contributed by atoms with E-state index >= 15 is 0 Å². The number of hydrogen-bond acceptors (Lipinski definition) is 4. The first-order valence-corrected chi connectivity index (χ1v) is 6.01. The van der Waals surface area contributed by atoms with E-state index in [4.69, 9.17) is 5.73 Å². The third-order valence-electron chi connectivity index (χ3n) is 2.99. The molecule has 20 heavy (non-hydrogen) atoms. The highest BCUT2D eigenvalue weighted by atomic mass is 19.1. The molecule has 0 aliphatic heterocycles. The largest absolute Gasteiger partial charge is 0.383 e. The number of aryl methyl sites for hydroxylation is 1. The van der Waals surface area contributed by atoms with Gasteiger partial charge in [-0.25, -0.2) is 4.39 Å². The molecule has 5 nitrogen and oxygen atoms in total. The number of nitrogen functional groups attached to an aromatic ring is 1. The van der Waals surface area contributed by atoms with Gasteiger partial charge >= 0.3 is 0 Å². The number of hydrogen-bond donors (Lipinski definition) is 1. The Morgan fingerprint density at radius 2 is 2.10 bits per heavy atom. The molecule has 0 bridgehead atoms. The Hall–Kier alpha value is -2.76. The smallest absolute Gasteiger partial charge is 0.142 e. The van der Waals surface area contributed by atoms with Crippen molar-refractivity contribution in [3.63, 3.8) is 0 Å². The van der Waals surface area contributed by atoms with Crippen molar-refractivity contribution in [3.05, 3.63) is 48.7 Å². The van der Waals surface area contributed by atoms with Gasteiger partial charge in [0.1, 0.15) is 17.3 Å². The summed E-state index contributed by atoms with van der Waals surface area (Å²) >= 11 is 0. The van der Waals surface area contributed by atoms with Crippen LogP contribution in [0, 0.1) is 5.82 Å². The van der Waals surface area contributed by atoms with Crippen LogP contribution in [0.5, 0.6) is 0 Å². The van der Waals surface area contributed by atoms with Crippen LogP contribution in [0.4, 0.5) is 10.2 Å². The fourth-order valence-corrected chi connectivity index (χ4v) is 2.04. The van der Waals surface area contributed by atoms with E-state index in [1.165, 1.54) is 6.07 Å². The van der Waals surface area contributed by atoms with E-state index in [-0.39, 0.29) is 0 Å². The number of nitrogens with zero attached hydrogens (tertiary/aromatic N) is 4. The molecule has 0 aromatic carbocycles. The minimum Gasteiger partial charge on any atom is -0.383 e. The Morgan fingerprint density at radius 1 is 1.25 bits per heavy atom. The highest BCUT2D eigenvalue weighted by Crippen LogP contribution is 2.34. The summed E-state index contributed by atoms with van der Waals surface area (Å²) in [6.45, 7) is 0. The van der Waals surface area contributed by atoms with Crippen LogP contribution in [0.3, 0.4) is 0 Å². The highest BCUT2D eigenvalue weighted by molar-refractivity contribution is 5.86. The van der Waals surface area contributed by atoms with Crippen molar-refractivity contribution in [1.82, 2.24) is 19.7 Å². The highest BCUT2D eigenvalue weighted by Gasteiger charge is 2.18. The minimum absolute atomic E-state index is 0.418. The minimum atomic E-state index is -0.418. The van der Waals surface area contributed by atoms with Gasteiger partial charge < -0.3 is 5.73 Å². The SMILES string of the molecule is Cn1nc(-c2cncc(F)c2)c(-c2ccccn2)c1N. The van der Waals surface area contributed by atoms with Crippen LogP contribution in [-0.4, -0.2) is 19.7 Å². The zero-order chi connectivity index (χ0) is 14.1. The molecule has 0 atom stereocenters. The summed E-state index contributed by atoms with van der Waals surface area (Å²) in [4.78, 5) is 8.13. The van der Waals surface area contributed by atoms with E-state index in [0.29, 0.717) is 28.3 Å². The lowest BCUT2D eigenvalue weighted by molar-refractivity contribution is 0.622. The Balaban J connectivity index is 2.25. The average molecular weight is 269 g/mol. The third-order valence-corrected chi connectivity index (χ3v) is 2.99. The van der Waals surface area contributed by atoms with Crippen molar-refractivity contribution in [2.75, 3.05) is 5.73 Å². The topological polar surface area (TPSA) is 69.6 Å². The molecule has 0 fully saturated rings. The maximum absolute atomic E-state index is 13.4. The monoisotopic (exact) mass is 269 g/mol. The van der Waals surface area contributed by atoms with Crippen molar-refractivity contribution < 1.29 is 4.39 Å². The average Bonchev–Trinajstić information content (AvgIpc) is 2.76. The lowest BCUT2D eigenvalue weighted by Crippen LogP contribution is -1.98. The van der Waals surface area contributed by atoms with Crippen molar-refractivity contribution >= 4 is 5.82 Å². The molecule has 3 rings (SSSR count). The molecule has 0 saturated heterocycles. The van der Waals surface area contributed by atoms with E-state index in [9.17, 15) is 4.39 Å². The lowest BCUT2D eigenvalue weighted by atomic mass is 10.1. The first-order valence-electron chi connectivity index (χ1n) is 6.01. The van der Waals surface area contributed by atoms with Crippen LogP contribution in [-0.2, 0) is 7.05 Å². The fourth-order valence-electron chi connectivity index (χ4n) is 2.04. The van der Waals surface area contributed by atoms with Crippen LogP contribution in [0.25, 0.3) is 22.5 Å². The van der Waals surface area contributed by atoms with Crippen LogP contribution in [0.15, 0.2) is 42.9 Å². The summed E-state index contributed by atoms with van der Waals surface area (Å²) in [6.07, 6.45) is 4.38. The third kappa shape index (κ3) is 2.01. The predicted octanol–water partition coefficient (Wildman–Crippen LogP) is 2.27. The van der Waals surface area contributed by atoms with Crippen molar-refractivity contribution in [3.8, 4) is 22.5 Å². The number of rotatable bonds is 2. The van der Waals surface area contributed by atoms with E-state index in [1.807, 2.05) is 18.2 Å². The Labute approximate surface area is 114 Å². The molecule has 100 valence electrons. The van der Waals surface area contributed by atoms with Gasteiger partial charge in [0, 0.05) is 25.0 Å². The Kier molecular flexibility index (Phi) is 2.90. The molecule has 0 aliphatic rings. The first-order chi connectivity index (χ1) is 9.66. The van der Waals surface area contributed by atoms with Gasteiger partial charge in [0.05, 0.1) is 17.5 Å². The van der Waals surface area contributed by atoms with Crippen molar-refractivity contribution in [2.45, 2.75) is 0 Å². The molecule has 0 amide bonds.